The molecule has 0 aromatic carbocycles. The maximum absolute atomic E-state index is 12.0. The first kappa shape index (κ1) is 11.5. The number of carbonyl (C=O) groups excluding carboxylic acids is 1. The van der Waals surface area contributed by atoms with Crippen LogP contribution in [-0.2, 0) is 4.79 Å². The SMILES string of the molecule is O=C1CC(CN2CCNCC2)CN1C1CCC1. The third-order valence-electron chi connectivity index (χ3n) is 4.48. The summed E-state index contributed by atoms with van der Waals surface area (Å²) in [4.78, 5) is 16.6. The largest absolute Gasteiger partial charge is 0.339 e. The highest BCUT2D eigenvalue weighted by molar-refractivity contribution is 5.79. The molecule has 1 amide bonds. The number of likely N-dealkylation sites (tertiary alicyclic amines) is 1. The summed E-state index contributed by atoms with van der Waals surface area (Å²) in [5.41, 5.74) is 0. The summed E-state index contributed by atoms with van der Waals surface area (Å²) in [5.74, 6) is 0.996. The summed E-state index contributed by atoms with van der Waals surface area (Å²) in [6.45, 7) is 6.65. The molecule has 3 aliphatic rings. The van der Waals surface area contributed by atoms with E-state index in [1.165, 1.54) is 19.3 Å². The lowest BCUT2D eigenvalue weighted by Crippen LogP contribution is -2.46. The van der Waals surface area contributed by atoms with Gasteiger partial charge in [0, 0.05) is 51.7 Å². The lowest BCUT2D eigenvalue weighted by molar-refractivity contribution is -0.131. The molecule has 2 aliphatic heterocycles. The molecule has 1 atom stereocenters. The second kappa shape index (κ2) is 4.94. The molecule has 1 N–H and O–H groups in total. The van der Waals surface area contributed by atoms with E-state index in [4.69, 9.17) is 0 Å². The van der Waals surface area contributed by atoms with Crippen molar-refractivity contribution >= 4 is 5.91 Å². The number of hydrogen-bond acceptors (Lipinski definition) is 3. The Bertz CT molecular complexity index is 284. The summed E-state index contributed by atoms with van der Waals surface area (Å²) in [6.07, 6.45) is 4.59. The van der Waals surface area contributed by atoms with Crippen LogP contribution in [0.15, 0.2) is 0 Å². The predicted molar refractivity (Wildman–Crippen MR) is 66.8 cm³/mol. The van der Waals surface area contributed by atoms with Crippen LogP contribution in [0.25, 0.3) is 0 Å². The van der Waals surface area contributed by atoms with E-state index in [-0.39, 0.29) is 0 Å². The van der Waals surface area contributed by atoms with Gasteiger partial charge in [-0.3, -0.25) is 4.79 Å². The Labute approximate surface area is 103 Å². The van der Waals surface area contributed by atoms with Crippen molar-refractivity contribution in [2.24, 2.45) is 5.92 Å². The van der Waals surface area contributed by atoms with E-state index in [0.717, 1.165) is 45.7 Å². The molecule has 0 bridgehead atoms. The highest BCUT2D eigenvalue weighted by atomic mass is 16.2. The summed E-state index contributed by atoms with van der Waals surface area (Å²) >= 11 is 0. The van der Waals surface area contributed by atoms with Crippen LogP contribution in [0.2, 0.25) is 0 Å². The number of rotatable bonds is 3. The van der Waals surface area contributed by atoms with Crippen molar-refractivity contribution in [3.05, 3.63) is 0 Å². The number of hydrogen-bond donors (Lipinski definition) is 1. The molecule has 0 spiro atoms. The molecule has 1 saturated carbocycles. The quantitative estimate of drug-likeness (QED) is 0.766. The van der Waals surface area contributed by atoms with Gasteiger partial charge in [0.1, 0.15) is 0 Å². The average molecular weight is 237 g/mol. The molecule has 1 aliphatic carbocycles. The first-order chi connectivity index (χ1) is 8.33. The zero-order chi connectivity index (χ0) is 11.7. The monoisotopic (exact) mass is 237 g/mol. The lowest BCUT2D eigenvalue weighted by atomic mass is 9.92. The van der Waals surface area contributed by atoms with Gasteiger partial charge in [0.25, 0.3) is 0 Å². The van der Waals surface area contributed by atoms with E-state index in [1.807, 2.05) is 0 Å². The van der Waals surface area contributed by atoms with Crippen LogP contribution in [0.1, 0.15) is 25.7 Å². The minimum atomic E-state index is 0.412. The molecule has 3 rings (SSSR count). The Kier molecular flexibility index (Phi) is 3.34. The summed E-state index contributed by atoms with van der Waals surface area (Å²) in [5, 5.41) is 3.37. The highest BCUT2D eigenvalue weighted by Crippen LogP contribution is 2.30. The molecular weight excluding hydrogens is 214 g/mol. The van der Waals surface area contributed by atoms with E-state index >= 15 is 0 Å². The molecular formula is C13H23N3O. The molecule has 0 aromatic heterocycles. The van der Waals surface area contributed by atoms with Gasteiger partial charge in [-0.1, -0.05) is 0 Å². The van der Waals surface area contributed by atoms with Gasteiger partial charge in [0.2, 0.25) is 5.91 Å². The Morgan fingerprint density at radius 1 is 1.24 bits per heavy atom. The Morgan fingerprint density at radius 2 is 2.00 bits per heavy atom. The smallest absolute Gasteiger partial charge is 0.223 e. The van der Waals surface area contributed by atoms with Gasteiger partial charge < -0.3 is 15.1 Å². The summed E-state index contributed by atoms with van der Waals surface area (Å²) in [7, 11) is 0. The number of nitrogens with one attached hydrogen (secondary N) is 1. The minimum absolute atomic E-state index is 0.412. The second-order valence-corrected chi connectivity index (χ2v) is 5.75. The van der Waals surface area contributed by atoms with E-state index < -0.39 is 0 Å². The molecule has 0 aromatic rings. The van der Waals surface area contributed by atoms with Crippen LogP contribution in [0, 0.1) is 5.92 Å². The van der Waals surface area contributed by atoms with E-state index in [1.54, 1.807) is 0 Å². The zero-order valence-electron chi connectivity index (χ0n) is 10.5. The van der Waals surface area contributed by atoms with E-state index in [0.29, 0.717) is 17.9 Å². The number of nitrogens with zero attached hydrogens (tertiary/aromatic N) is 2. The van der Waals surface area contributed by atoms with Gasteiger partial charge in [-0.25, -0.2) is 0 Å². The van der Waals surface area contributed by atoms with Crippen molar-refractivity contribution in [2.75, 3.05) is 39.3 Å². The molecule has 1 unspecified atom stereocenters. The topological polar surface area (TPSA) is 35.6 Å². The summed E-state index contributed by atoms with van der Waals surface area (Å²) < 4.78 is 0. The molecule has 4 heteroatoms. The fourth-order valence-corrected chi connectivity index (χ4v) is 3.24. The fourth-order valence-electron chi connectivity index (χ4n) is 3.24. The van der Waals surface area contributed by atoms with Crippen molar-refractivity contribution < 1.29 is 4.79 Å². The van der Waals surface area contributed by atoms with Crippen molar-refractivity contribution in [2.45, 2.75) is 31.7 Å². The molecule has 17 heavy (non-hydrogen) atoms. The molecule has 96 valence electrons. The third-order valence-corrected chi connectivity index (χ3v) is 4.48. The molecule has 3 fully saturated rings. The van der Waals surface area contributed by atoms with Gasteiger partial charge in [-0.2, -0.15) is 0 Å². The van der Waals surface area contributed by atoms with Crippen LogP contribution >= 0.6 is 0 Å². The summed E-state index contributed by atoms with van der Waals surface area (Å²) in [6, 6.07) is 0.593. The predicted octanol–water partition coefficient (Wildman–Crippen LogP) is 0.293. The number of piperazine rings is 1. The first-order valence-electron chi connectivity index (χ1n) is 7.05. The molecule has 4 nitrogen and oxygen atoms in total. The minimum Gasteiger partial charge on any atom is -0.339 e. The van der Waals surface area contributed by atoms with Crippen molar-refractivity contribution in [1.82, 2.24) is 15.1 Å². The van der Waals surface area contributed by atoms with Gasteiger partial charge >= 0.3 is 0 Å². The van der Waals surface area contributed by atoms with Crippen LogP contribution in [0.5, 0.6) is 0 Å². The van der Waals surface area contributed by atoms with Gasteiger partial charge in [0.15, 0.2) is 0 Å². The molecule has 2 saturated heterocycles. The van der Waals surface area contributed by atoms with Crippen LogP contribution < -0.4 is 5.32 Å². The maximum Gasteiger partial charge on any atom is 0.223 e. The third kappa shape index (κ3) is 2.47. The zero-order valence-corrected chi connectivity index (χ0v) is 10.5. The maximum atomic E-state index is 12.0. The Hall–Kier alpha value is -0.610. The van der Waals surface area contributed by atoms with Crippen LogP contribution in [-0.4, -0.2) is 61.0 Å². The molecule has 2 heterocycles. The van der Waals surface area contributed by atoms with E-state index in [2.05, 4.69) is 15.1 Å². The van der Waals surface area contributed by atoms with Crippen molar-refractivity contribution in [1.29, 1.82) is 0 Å². The van der Waals surface area contributed by atoms with Gasteiger partial charge in [-0.15, -0.1) is 0 Å². The van der Waals surface area contributed by atoms with E-state index in [9.17, 15) is 4.79 Å². The Balaban J connectivity index is 1.50. The second-order valence-electron chi connectivity index (χ2n) is 5.75. The van der Waals surface area contributed by atoms with Gasteiger partial charge in [-0.05, 0) is 25.2 Å². The first-order valence-corrected chi connectivity index (χ1v) is 7.05. The highest BCUT2D eigenvalue weighted by Gasteiger charge is 2.37. The van der Waals surface area contributed by atoms with Crippen LogP contribution in [0.3, 0.4) is 0 Å². The van der Waals surface area contributed by atoms with Crippen LogP contribution in [0.4, 0.5) is 0 Å². The normalized spacial score (nSPS) is 31.9. The Morgan fingerprint density at radius 3 is 2.65 bits per heavy atom. The standard InChI is InChI=1S/C13H23N3O/c17-13-8-11(9-15-6-4-14-5-7-15)10-16(13)12-2-1-3-12/h11-12,14H,1-10H2. The van der Waals surface area contributed by atoms with Gasteiger partial charge in [0.05, 0.1) is 0 Å². The lowest BCUT2D eigenvalue weighted by Gasteiger charge is -2.35. The number of carbonyl (C=O) groups is 1. The van der Waals surface area contributed by atoms with Crippen molar-refractivity contribution in [3.8, 4) is 0 Å². The van der Waals surface area contributed by atoms with Crippen molar-refractivity contribution in [3.63, 3.8) is 0 Å². The fraction of sp³-hybridized carbons (Fsp3) is 0.923. The molecule has 0 radical (unpaired) electrons. The average Bonchev–Trinajstić information content (AvgIpc) is 2.59. The number of amides is 1.